The standard InChI is InChI=1S/C22H28N4O4S.H2S/c1-5-26(3)31-30-24-16-11-17(15-10-19(28-4)22(27)25(2)13-15)20-18(12-16)23-21(29-20)14-8-6-7-9-14;/h10-14,24H,5-9H2,1-4H3;1H2. The van der Waals surface area contributed by atoms with Crippen LogP contribution in [-0.2, 0) is 11.3 Å². The number of rotatable bonds is 8. The fourth-order valence-corrected chi connectivity index (χ4v) is 4.19. The summed E-state index contributed by atoms with van der Waals surface area (Å²) in [5, 5.41) is 0. The van der Waals surface area contributed by atoms with Crippen LogP contribution in [0.5, 0.6) is 5.75 Å². The van der Waals surface area contributed by atoms with Gasteiger partial charge in [0, 0.05) is 36.8 Å². The van der Waals surface area contributed by atoms with Gasteiger partial charge in [0.25, 0.3) is 5.56 Å². The number of fused-ring (bicyclic) bond motifs is 1. The van der Waals surface area contributed by atoms with Crippen LogP contribution in [0.25, 0.3) is 22.2 Å². The number of aromatic nitrogens is 2. The minimum absolute atomic E-state index is 0. The number of hydrogen-bond donors (Lipinski definition) is 1. The number of oxazole rings is 1. The van der Waals surface area contributed by atoms with Crippen LogP contribution in [0.3, 0.4) is 0 Å². The largest absolute Gasteiger partial charge is 0.491 e. The molecule has 10 heteroatoms. The van der Waals surface area contributed by atoms with Crippen LogP contribution in [0, 0.1) is 0 Å². The van der Waals surface area contributed by atoms with E-state index >= 15 is 0 Å². The van der Waals surface area contributed by atoms with Crippen molar-refractivity contribution in [1.82, 2.24) is 13.9 Å². The number of ether oxygens (including phenoxy) is 1. The van der Waals surface area contributed by atoms with Crippen molar-refractivity contribution < 1.29 is 13.4 Å². The molecule has 174 valence electrons. The Bertz CT molecular complexity index is 1130. The van der Waals surface area contributed by atoms with Gasteiger partial charge in [-0.15, -0.1) is 0 Å². The average molecular weight is 479 g/mol. The summed E-state index contributed by atoms with van der Waals surface area (Å²) in [6, 6.07) is 5.60. The van der Waals surface area contributed by atoms with E-state index in [2.05, 4.69) is 5.48 Å². The quantitative estimate of drug-likeness (QED) is 0.280. The molecule has 4 rings (SSSR count). The summed E-state index contributed by atoms with van der Waals surface area (Å²) in [4.78, 5) is 17.1. The average Bonchev–Trinajstić information content (AvgIpc) is 3.44. The third kappa shape index (κ3) is 5.09. The SMILES string of the molecule is CCN(C)SONc1cc(-c2cc(OC)c(=O)n(C)c2)c2oc(C3CCCC3)nc2c1.S. The number of nitrogens with zero attached hydrogens (tertiary/aromatic N) is 3. The zero-order valence-corrected chi connectivity index (χ0v) is 20.6. The molecule has 0 radical (unpaired) electrons. The molecule has 0 bridgehead atoms. The van der Waals surface area contributed by atoms with Crippen LogP contribution in [-0.4, -0.2) is 34.6 Å². The molecule has 32 heavy (non-hydrogen) atoms. The summed E-state index contributed by atoms with van der Waals surface area (Å²) < 4.78 is 20.6. The summed E-state index contributed by atoms with van der Waals surface area (Å²) in [6.45, 7) is 2.90. The van der Waals surface area contributed by atoms with Gasteiger partial charge in [-0.25, -0.2) is 9.29 Å². The Morgan fingerprint density at radius 1 is 1.31 bits per heavy atom. The number of nitrogens with one attached hydrogen (secondary N) is 1. The molecule has 0 amide bonds. The van der Waals surface area contributed by atoms with Gasteiger partial charge in [-0.05, 0) is 38.1 Å². The van der Waals surface area contributed by atoms with Crippen molar-refractivity contribution in [3.05, 3.63) is 40.6 Å². The Labute approximate surface area is 199 Å². The molecule has 0 spiro atoms. The number of benzene rings is 1. The summed E-state index contributed by atoms with van der Waals surface area (Å²) in [6.07, 6.45) is 6.39. The first-order valence-corrected chi connectivity index (χ1v) is 11.2. The number of pyridine rings is 1. The van der Waals surface area contributed by atoms with Gasteiger partial charge in [0.05, 0.1) is 12.8 Å². The van der Waals surface area contributed by atoms with E-state index in [0.717, 1.165) is 47.6 Å². The molecular weight excluding hydrogens is 448 g/mol. The molecule has 2 aromatic heterocycles. The highest BCUT2D eigenvalue weighted by atomic mass is 32.2. The predicted octanol–water partition coefficient (Wildman–Crippen LogP) is 4.83. The fraction of sp³-hybridized carbons (Fsp3) is 0.455. The summed E-state index contributed by atoms with van der Waals surface area (Å²) in [5.41, 5.74) is 6.63. The van der Waals surface area contributed by atoms with E-state index < -0.39 is 0 Å². The number of aryl methyl sites for hydroxylation is 1. The lowest BCUT2D eigenvalue weighted by atomic mass is 10.1. The van der Waals surface area contributed by atoms with Gasteiger partial charge in [0.1, 0.15) is 17.7 Å². The first kappa shape index (κ1) is 24.5. The van der Waals surface area contributed by atoms with Gasteiger partial charge >= 0.3 is 0 Å². The van der Waals surface area contributed by atoms with Gasteiger partial charge < -0.3 is 13.7 Å². The maximum atomic E-state index is 12.3. The van der Waals surface area contributed by atoms with E-state index in [4.69, 9.17) is 18.4 Å². The van der Waals surface area contributed by atoms with Crippen molar-refractivity contribution in [2.24, 2.45) is 7.05 Å². The van der Waals surface area contributed by atoms with E-state index in [1.54, 1.807) is 19.3 Å². The van der Waals surface area contributed by atoms with E-state index in [1.807, 2.05) is 30.4 Å². The molecule has 3 aromatic rings. The molecule has 0 unspecified atom stereocenters. The monoisotopic (exact) mass is 478 g/mol. The molecule has 1 fully saturated rings. The second kappa shape index (κ2) is 10.7. The predicted molar refractivity (Wildman–Crippen MR) is 133 cm³/mol. The zero-order valence-electron chi connectivity index (χ0n) is 18.8. The third-order valence-corrected chi connectivity index (χ3v) is 6.33. The molecule has 1 aliphatic carbocycles. The van der Waals surface area contributed by atoms with Crippen molar-refractivity contribution in [3.63, 3.8) is 0 Å². The zero-order chi connectivity index (χ0) is 22.0. The number of anilines is 1. The Kier molecular flexibility index (Phi) is 8.16. The Morgan fingerprint density at radius 3 is 2.75 bits per heavy atom. The van der Waals surface area contributed by atoms with Gasteiger partial charge in [-0.1, -0.05) is 19.8 Å². The Morgan fingerprint density at radius 2 is 2.06 bits per heavy atom. The minimum Gasteiger partial charge on any atom is -0.491 e. The Hall–Kier alpha value is -2.14. The summed E-state index contributed by atoms with van der Waals surface area (Å²) in [7, 11) is 5.15. The van der Waals surface area contributed by atoms with Crippen LogP contribution in [0.15, 0.2) is 33.6 Å². The third-order valence-electron chi connectivity index (χ3n) is 5.66. The van der Waals surface area contributed by atoms with Crippen molar-refractivity contribution in [2.75, 3.05) is 26.2 Å². The van der Waals surface area contributed by atoms with Crippen molar-refractivity contribution in [1.29, 1.82) is 0 Å². The molecule has 0 aliphatic heterocycles. The highest BCUT2D eigenvalue weighted by Gasteiger charge is 2.24. The Balaban J connectivity index is 0.00000289. The van der Waals surface area contributed by atoms with Crippen LogP contribution in [0.4, 0.5) is 5.69 Å². The van der Waals surface area contributed by atoms with Crippen molar-refractivity contribution in [2.45, 2.75) is 38.5 Å². The molecule has 1 aromatic carbocycles. The normalized spacial score (nSPS) is 14.2. The van der Waals surface area contributed by atoms with Gasteiger partial charge in [-0.3, -0.25) is 10.3 Å². The lowest BCUT2D eigenvalue weighted by Crippen LogP contribution is -2.17. The number of methoxy groups -OCH3 is 1. The maximum Gasteiger partial charge on any atom is 0.292 e. The van der Waals surface area contributed by atoms with Crippen molar-refractivity contribution in [3.8, 4) is 16.9 Å². The van der Waals surface area contributed by atoms with Crippen LogP contribution >= 0.6 is 25.7 Å². The van der Waals surface area contributed by atoms with E-state index in [1.165, 1.54) is 36.7 Å². The van der Waals surface area contributed by atoms with Gasteiger partial charge in [0.15, 0.2) is 17.2 Å². The lowest BCUT2D eigenvalue weighted by molar-refractivity contribution is 0.405. The fourth-order valence-electron chi connectivity index (χ4n) is 3.83. The highest BCUT2D eigenvalue weighted by molar-refractivity contribution is 7.92. The van der Waals surface area contributed by atoms with E-state index in [9.17, 15) is 4.79 Å². The maximum absolute atomic E-state index is 12.3. The smallest absolute Gasteiger partial charge is 0.292 e. The molecule has 2 heterocycles. The van der Waals surface area contributed by atoms with E-state index in [0.29, 0.717) is 11.5 Å². The molecule has 1 saturated carbocycles. The van der Waals surface area contributed by atoms with Crippen LogP contribution < -0.4 is 15.8 Å². The molecule has 0 saturated heterocycles. The molecule has 8 nitrogen and oxygen atoms in total. The van der Waals surface area contributed by atoms with Crippen molar-refractivity contribution >= 4 is 42.5 Å². The summed E-state index contributed by atoms with van der Waals surface area (Å²) >= 11 is 1.23. The lowest BCUT2D eigenvalue weighted by Gasteiger charge is -2.13. The van der Waals surface area contributed by atoms with Crippen LogP contribution in [0.1, 0.15) is 44.4 Å². The minimum atomic E-state index is -0.191. The van der Waals surface area contributed by atoms with Crippen LogP contribution in [0.2, 0.25) is 0 Å². The molecule has 1 aliphatic rings. The number of hydrogen-bond acceptors (Lipinski definition) is 8. The molecular formula is C22H30N4O4S2. The first-order chi connectivity index (χ1) is 15.0. The second-order valence-corrected chi connectivity index (χ2v) is 8.76. The topological polar surface area (TPSA) is 81.8 Å². The molecule has 1 N–H and O–H groups in total. The second-order valence-electron chi connectivity index (χ2n) is 7.82. The molecule has 0 atom stereocenters. The first-order valence-electron chi connectivity index (χ1n) is 10.5. The highest BCUT2D eigenvalue weighted by Crippen LogP contribution is 2.39. The summed E-state index contributed by atoms with van der Waals surface area (Å²) in [5.74, 6) is 1.42. The van der Waals surface area contributed by atoms with Gasteiger partial charge in [-0.2, -0.15) is 17.8 Å². The van der Waals surface area contributed by atoms with Gasteiger partial charge in [0.2, 0.25) is 0 Å². The van der Waals surface area contributed by atoms with E-state index in [-0.39, 0.29) is 24.8 Å².